The first kappa shape index (κ1) is 14.9. The molecular weight excluding hydrogens is 283 g/mol. The van der Waals surface area contributed by atoms with E-state index in [2.05, 4.69) is 15.6 Å². The van der Waals surface area contributed by atoms with Gasteiger partial charge in [0.1, 0.15) is 5.82 Å². The van der Waals surface area contributed by atoms with Gasteiger partial charge in [-0.25, -0.2) is 9.07 Å². The van der Waals surface area contributed by atoms with Gasteiger partial charge in [0.15, 0.2) is 0 Å². The van der Waals surface area contributed by atoms with Gasteiger partial charge >= 0.3 is 0 Å². The highest BCUT2D eigenvalue weighted by molar-refractivity contribution is 6.30. The maximum Gasteiger partial charge on any atom is 0.129 e. The molecule has 1 aromatic heterocycles. The van der Waals surface area contributed by atoms with Crippen LogP contribution in [0.25, 0.3) is 0 Å². The van der Waals surface area contributed by atoms with Crippen LogP contribution in [0.5, 0.6) is 0 Å². The highest BCUT2D eigenvalue weighted by Gasteiger charge is 2.06. The molecule has 108 valence electrons. The van der Waals surface area contributed by atoms with Gasteiger partial charge in [-0.3, -0.25) is 0 Å². The summed E-state index contributed by atoms with van der Waals surface area (Å²) in [7, 11) is 1.65. The van der Waals surface area contributed by atoms with Crippen LogP contribution in [-0.2, 0) is 17.8 Å². The molecule has 2 aromatic rings. The number of ether oxygens (including phenoxy) is 1. The maximum atomic E-state index is 13.7. The molecule has 0 fully saturated rings. The zero-order chi connectivity index (χ0) is 14.4. The van der Waals surface area contributed by atoms with E-state index in [1.807, 2.05) is 0 Å². The highest BCUT2D eigenvalue weighted by Crippen LogP contribution is 2.15. The summed E-state index contributed by atoms with van der Waals surface area (Å²) in [5.74, 6) is -0.340. The Balaban J connectivity index is 1.92. The lowest BCUT2D eigenvalue weighted by Crippen LogP contribution is -2.18. The Morgan fingerprint density at radius 2 is 2.30 bits per heavy atom. The van der Waals surface area contributed by atoms with Gasteiger partial charge in [-0.2, -0.15) is 0 Å². The molecule has 0 unspecified atom stereocenters. The SMILES string of the molecule is COCCNCc1cn(Cc2ccc(Cl)cc2F)nn1. The standard InChI is InChI=1S/C13H16ClFN4O/c1-20-5-4-16-7-12-9-19(18-17-12)8-10-2-3-11(14)6-13(10)15/h2-3,6,9,16H,4-5,7-8H2,1H3. The molecule has 7 heteroatoms. The Morgan fingerprint density at radius 3 is 3.05 bits per heavy atom. The van der Waals surface area contributed by atoms with E-state index in [0.717, 1.165) is 12.2 Å². The van der Waals surface area contributed by atoms with Crippen LogP contribution < -0.4 is 5.32 Å². The Bertz CT molecular complexity index is 561. The normalized spacial score (nSPS) is 10.9. The molecule has 0 bridgehead atoms. The minimum absolute atomic E-state index is 0.327. The van der Waals surface area contributed by atoms with Crippen LogP contribution in [0.2, 0.25) is 5.02 Å². The van der Waals surface area contributed by atoms with E-state index >= 15 is 0 Å². The summed E-state index contributed by atoms with van der Waals surface area (Å²) < 4.78 is 20.2. The Kier molecular flexibility index (Phi) is 5.46. The molecule has 2 rings (SSSR count). The van der Waals surface area contributed by atoms with Crippen LogP contribution in [0, 0.1) is 5.82 Å². The number of hydrogen-bond acceptors (Lipinski definition) is 4. The van der Waals surface area contributed by atoms with E-state index in [1.54, 1.807) is 30.1 Å². The second-order valence-electron chi connectivity index (χ2n) is 4.31. The van der Waals surface area contributed by atoms with Crippen molar-refractivity contribution < 1.29 is 9.13 Å². The van der Waals surface area contributed by atoms with Gasteiger partial charge in [0.25, 0.3) is 0 Å². The van der Waals surface area contributed by atoms with Crippen molar-refractivity contribution in [2.75, 3.05) is 20.3 Å². The summed E-state index contributed by atoms with van der Waals surface area (Å²) >= 11 is 5.71. The Morgan fingerprint density at radius 1 is 1.45 bits per heavy atom. The number of rotatable bonds is 7. The third-order valence-corrected chi connectivity index (χ3v) is 2.96. The predicted molar refractivity (Wildman–Crippen MR) is 74.1 cm³/mol. The number of nitrogens with zero attached hydrogens (tertiary/aromatic N) is 3. The molecule has 0 amide bonds. The minimum atomic E-state index is -0.340. The lowest BCUT2D eigenvalue weighted by Gasteiger charge is -2.03. The summed E-state index contributed by atoms with van der Waals surface area (Å²) in [6.07, 6.45) is 1.79. The molecule has 1 heterocycles. The van der Waals surface area contributed by atoms with E-state index in [4.69, 9.17) is 16.3 Å². The predicted octanol–water partition coefficient (Wildman–Crippen LogP) is 1.85. The zero-order valence-corrected chi connectivity index (χ0v) is 11.9. The summed E-state index contributed by atoms with van der Waals surface area (Å²) in [6.45, 7) is 2.32. The molecule has 20 heavy (non-hydrogen) atoms. The molecular formula is C13H16ClFN4O. The average molecular weight is 299 g/mol. The smallest absolute Gasteiger partial charge is 0.129 e. The molecule has 1 N–H and O–H groups in total. The second-order valence-corrected chi connectivity index (χ2v) is 4.75. The van der Waals surface area contributed by atoms with E-state index in [0.29, 0.717) is 30.3 Å². The fraction of sp³-hybridized carbons (Fsp3) is 0.385. The third kappa shape index (κ3) is 4.26. The van der Waals surface area contributed by atoms with Crippen molar-refractivity contribution in [2.45, 2.75) is 13.1 Å². The number of halogens is 2. The van der Waals surface area contributed by atoms with Crippen molar-refractivity contribution in [3.05, 3.63) is 46.5 Å². The molecule has 0 atom stereocenters. The van der Waals surface area contributed by atoms with Crippen molar-refractivity contribution in [3.63, 3.8) is 0 Å². The summed E-state index contributed by atoms with van der Waals surface area (Å²) in [5.41, 5.74) is 1.33. The van der Waals surface area contributed by atoms with Gasteiger partial charge in [-0.05, 0) is 12.1 Å². The topological polar surface area (TPSA) is 52.0 Å². The van der Waals surface area contributed by atoms with Gasteiger partial charge < -0.3 is 10.1 Å². The largest absolute Gasteiger partial charge is 0.383 e. The van der Waals surface area contributed by atoms with Crippen molar-refractivity contribution >= 4 is 11.6 Å². The summed E-state index contributed by atoms with van der Waals surface area (Å²) in [5, 5.41) is 11.5. The van der Waals surface area contributed by atoms with Crippen molar-refractivity contribution in [1.29, 1.82) is 0 Å². The van der Waals surface area contributed by atoms with Gasteiger partial charge in [-0.15, -0.1) is 5.10 Å². The molecule has 0 saturated heterocycles. The molecule has 0 aliphatic carbocycles. The van der Waals surface area contributed by atoms with E-state index < -0.39 is 0 Å². The quantitative estimate of drug-likeness (QED) is 0.793. The molecule has 0 radical (unpaired) electrons. The van der Waals surface area contributed by atoms with Gasteiger partial charge in [0.05, 0.1) is 25.0 Å². The van der Waals surface area contributed by atoms with Crippen molar-refractivity contribution in [1.82, 2.24) is 20.3 Å². The zero-order valence-electron chi connectivity index (χ0n) is 11.1. The molecule has 1 aromatic carbocycles. The first-order chi connectivity index (χ1) is 9.69. The van der Waals surface area contributed by atoms with Gasteiger partial charge in [0, 0.05) is 30.8 Å². The minimum Gasteiger partial charge on any atom is -0.383 e. The lowest BCUT2D eigenvalue weighted by atomic mass is 10.2. The lowest BCUT2D eigenvalue weighted by molar-refractivity contribution is 0.199. The first-order valence-corrected chi connectivity index (χ1v) is 6.59. The second kappa shape index (κ2) is 7.33. The van der Waals surface area contributed by atoms with Crippen LogP contribution >= 0.6 is 11.6 Å². The van der Waals surface area contributed by atoms with Gasteiger partial charge in [0.2, 0.25) is 0 Å². The van der Waals surface area contributed by atoms with Crippen LogP contribution in [0.4, 0.5) is 4.39 Å². The number of hydrogen-bond donors (Lipinski definition) is 1. The van der Waals surface area contributed by atoms with E-state index in [9.17, 15) is 4.39 Å². The first-order valence-electron chi connectivity index (χ1n) is 6.21. The maximum absolute atomic E-state index is 13.7. The molecule has 0 spiro atoms. The fourth-order valence-electron chi connectivity index (χ4n) is 1.71. The van der Waals surface area contributed by atoms with Crippen LogP contribution in [-0.4, -0.2) is 35.3 Å². The molecule has 0 saturated carbocycles. The number of benzene rings is 1. The molecule has 5 nitrogen and oxygen atoms in total. The van der Waals surface area contributed by atoms with E-state index in [-0.39, 0.29) is 5.82 Å². The van der Waals surface area contributed by atoms with Gasteiger partial charge in [-0.1, -0.05) is 22.9 Å². The van der Waals surface area contributed by atoms with Crippen molar-refractivity contribution in [2.24, 2.45) is 0 Å². The van der Waals surface area contributed by atoms with Crippen LogP contribution in [0.1, 0.15) is 11.3 Å². The number of methoxy groups -OCH3 is 1. The monoisotopic (exact) mass is 298 g/mol. The van der Waals surface area contributed by atoms with Crippen LogP contribution in [0.3, 0.4) is 0 Å². The van der Waals surface area contributed by atoms with Crippen molar-refractivity contribution in [3.8, 4) is 0 Å². The average Bonchev–Trinajstić information content (AvgIpc) is 2.86. The number of nitrogens with one attached hydrogen (secondary N) is 1. The molecule has 0 aliphatic rings. The molecule has 0 aliphatic heterocycles. The summed E-state index contributed by atoms with van der Waals surface area (Å²) in [6, 6.07) is 4.60. The fourth-order valence-corrected chi connectivity index (χ4v) is 1.87. The van der Waals surface area contributed by atoms with E-state index in [1.165, 1.54) is 6.07 Å². The summed E-state index contributed by atoms with van der Waals surface area (Å²) in [4.78, 5) is 0. The number of aromatic nitrogens is 3. The Hall–Kier alpha value is -1.50. The Labute approximate surface area is 121 Å². The third-order valence-electron chi connectivity index (χ3n) is 2.72. The van der Waals surface area contributed by atoms with Crippen LogP contribution in [0.15, 0.2) is 24.4 Å². The highest BCUT2D eigenvalue weighted by atomic mass is 35.5.